The van der Waals surface area contributed by atoms with Gasteiger partial charge in [0.25, 0.3) is 0 Å². The summed E-state index contributed by atoms with van der Waals surface area (Å²) in [5.41, 5.74) is 0. The highest BCUT2D eigenvalue weighted by Gasteiger charge is 2.42. The van der Waals surface area contributed by atoms with Gasteiger partial charge < -0.3 is 23.7 Å². The van der Waals surface area contributed by atoms with E-state index in [1.54, 1.807) is 14.2 Å². The van der Waals surface area contributed by atoms with Crippen molar-refractivity contribution in [2.24, 2.45) is 0 Å². The third-order valence-corrected chi connectivity index (χ3v) is 6.00. The second-order valence-corrected chi connectivity index (χ2v) is 7.52. The molecule has 1 saturated heterocycles. The summed E-state index contributed by atoms with van der Waals surface area (Å²) in [4.78, 5) is 0. The summed E-state index contributed by atoms with van der Waals surface area (Å²) in [5.74, 6) is -0.836. The molecule has 2 atom stereocenters. The maximum absolute atomic E-state index is 6.44. The van der Waals surface area contributed by atoms with Crippen LogP contribution in [0.3, 0.4) is 0 Å². The molecule has 5 heteroatoms. The fraction of sp³-hybridized carbons (Fsp3) is 1.00. The Labute approximate surface area is 146 Å². The lowest BCUT2D eigenvalue weighted by molar-refractivity contribution is -0.281. The average molecular weight is 342 g/mol. The second kappa shape index (κ2) is 8.45. The van der Waals surface area contributed by atoms with Crippen LogP contribution in [0.4, 0.5) is 0 Å². The van der Waals surface area contributed by atoms with Crippen LogP contribution in [0, 0.1) is 0 Å². The van der Waals surface area contributed by atoms with Gasteiger partial charge in [0.2, 0.25) is 0 Å². The van der Waals surface area contributed by atoms with Crippen LogP contribution in [0.25, 0.3) is 0 Å². The molecule has 0 bridgehead atoms. The Morgan fingerprint density at radius 2 is 1.42 bits per heavy atom. The third kappa shape index (κ3) is 4.31. The molecular weight excluding hydrogens is 308 g/mol. The topological polar surface area (TPSA) is 46.2 Å². The molecule has 5 nitrogen and oxygen atoms in total. The van der Waals surface area contributed by atoms with Crippen molar-refractivity contribution in [3.8, 4) is 0 Å². The van der Waals surface area contributed by atoms with Gasteiger partial charge >= 0.3 is 0 Å². The Balaban J connectivity index is 1.55. The fourth-order valence-corrected chi connectivity index (χ4v) is 4.39. The zero-order valence-corrected chi connectivity index (χ0v) is 15.4. The molecule has 3 rings (SSSR count). The van der Waals surface area contributed by atoms with Crippen LogP contribution in [-0.4, -0.2) is 51.2 Å². The molecule has 2 saturated carbocycles. The van der Waals surface area contributed by atoms with Crippen LogP contribution in [0.15, 0.2) is 0 Å². The van der Waals surface area contributed by atoms with E-state index >= 15 is 0 Å². The summed E-state index contributed by atoms with van der Waals surface area (Å²) >= 11 is 0. The number of hydrogen-bond donors (Lipinski definition) is 0. The van der Waals surface area contributed by atoms with Crippen LogP contribution in [0.2, 0.25) is 0 Å². The van der Waals surface area contributed by atoms with Gasteiger partial charge in [-0.3, -0.25) is 0 Å². The summed E-state index contributed by atoms with van der Waals surface area (Å²) in [6.07, 6.45) is 12.1. The summed E-state index contributed by atoms with van der Waals surface area (Å²) in [6.45, 7) is 1.27. The largest absolute Gasteiger partial charge is 0.373 e. The minimum absolute atomic E-state index is 0.0205. The summed E-state index contributed by atoms with van der Waals surface area (Å²) in [6, 6.07) is 0. The van der Waals surface area contributed by atoms with Crippen molar-refractivity contribution in [2.75, 3.05) is 27.4 Å². The monoisotopic (exact) mass is 342 g/mol. The molecule has 0 aromatic heterocycles. The smallest absolute Gasteiger partial charge is 0.168 e. The lowest BCUT2D eigenvalue weighted by atomic mass is 9.93. The molecule has 1 heterocycles. The number of methoxy groups -OCH3 is 2. The van der Waals surface area contributed by atoms with Crippen molar-refractivity contribution in [1.29, 1.82) is 0 Å². The van der Waals surface area contributed by atoms with Gasteiger partial charge in [0.1, 0.15) is 6.10 Å². The first-order valence-electron chi connectivity index (χ1n) is 9.75. The molecule has 1 aliphatic heterocycles. The van der Waals surface area contributed by atoms with Gasteiger partial charge in [-0.25, -0.2) is 0 Å². The Morgan fingerprint density at radius 3 is 2.00 bits per heavy atom. The zero-order valence-electron chi connectivity index (χ0n) is 15.4. The number of hydrogen-bond acceptors (Lipinski definition) is 5. The van der Waals surface area contributed by atoms with Crippen LogP contribution in [-0.2, 0) is 23.7 Å². The summed E-state index contributed by atoms with van der Waals surface area (Å²) in [7, 11) is 3.53. The van der Waals surface area contributed by atoms with Crippen molar-refractivity contribution in [2.45, 2.75) is 94.4 Å². The maximum atomic E-state index is 6.44. The van der Waals surface area contributed by atoms with Gasteiger partial charge in [0.05, 0.1) is 12.7 Å². The minimum Gasteiger partial charge on any atom is -0.373 e. The first kappa shape index (κ1) is 18.6. The van der Waals surface area contributed by atoms with Crippen molar-refractivity contribution in [3.05, 3.63) is 0 Å². The molecular formula is C19H34O5. The number of ether oxygens (including phenoxy) is 5. The van der Waals surface area contributed by atoms with Crippen LogP contribution in [0.1, 0.15) is 70.6 Å². The SMILES string of the molecule is COC1(OCC2OCCC2OC2(OC)CCCCC2)CCCCC1. The third-order valence-electron chi connectivity index (χ3n) is 6.00. The Kier molecular flexibility index (Phi) is 6.55. The molecule has 0 amide bonds. The Morgan fingerprint density at radius 1 is 0.833 bits per heavy atom. The first-order valence-corrected chi connectivity index (χ1v) is 9.75. The molecule has 0 spiro atoms. The summed E-state index contributed by atoms with van der Waals surface area (Å²) in [5, 5.41) is 0. The molecule has 3 aliphatic rings. The molecule has 2 aliphatic carbocycles. The minimum atomic E-state index is -0.418. The van der Waals surface area contributed by atoms with E-state index < -0.39 is 11.6 Å². The van der Waals surface area contributed by atoms with Crippen LogP contribution >= 0.6 is 0 Å². The van der Waals surface area contributed by atoms with E-state index in [0.717, 1.165) is 38.7 Å². The summed E-state index contributed by atoms with van der Waals surface area (Å²) < 4.78 is 30.1. The highest BCUT2D eigenvalue weighted by molar-refractivity contribution is 4.84. The molecule has 24 heavy (non-hydrogen) atoms. The second-order valence-electron chi connectivity index (χ2n) is 7.52. The molecule has 2 unspecified atom stereocenters. The van der Waals surface area contributed by atoms with Gasteiger partial charge in [-0.15, -0.1) is 0 Å². The highest BCUT2D eigenvalue weighted by atomic mass is 16.7. The van der Waals surface area contributed by atoms with E-state index in [1.807, 2.05) is 0 Å². The Bertz CT molecular complexity index is 374. The molecule has 140 valence electrons. The lowest BCUT2D eigenvalue weighted by Crippen LogP contribution is -2.45. The quantitative estimate of drug-likeness (QED) is 0.659. The van der Waals surface area contributed by atoms with Crippen molar-refractivity contribution in [3.63, 3.8) is 0 Å². The lowest BCUT2D eigenvalue weighted by Gasteiger charge is -2.40. The predicted octanol–water partition coefficient (Wildman–Crippen LogP) is 3.79. The molecule has 0 N–H and O–H groups in total. The number of rotatable bonds is 7. The van der Waals surface area contributed by atoms with Gasteiger partial charge in [0, 0.05) is 46.5 Å². The average Bonchev–Trinajstić information content (AvgIpc) is 3.08. The van der Waals surface area contributed by atoms with Gasteiger partial charge in [0.15, 0.2) is 11.6 Å². The van der Waals surface area contributed by atoms with E-state index in [4.69, 9.17) is 23.7 Å². The molecule has 3 fully saturated rings. The van der Waals surface area contributed by atoms with Gasteiger partial charge in [-0.2, -0.15) is 0 Å². The molecule has 0 aromatic rings. The van der Waals surface area contributed by atoms with Crippen LogP contribution < -0.4 is 0 Å². The maximum Gasteiger partial charge on any atom is 0.168 e. The first-order chi connectivity index (χ1) is 11.7. The normalized spacial score (nSPS) is 32.8. The Hall–Kier alpha value is -0.200. The van der Waals surface area contributed by atoms with Crippen molar-refractivity contribution >= 4 is 0 Å². The van der Waals surface area contributed by atoms with Crippen molar-refractivity contribution < 1.29 is 23.7 Å². The van der Waals surface area contributed by atoms with Crippen molar-refractivity contribution in [1.82, 2.24) is 0 Å². The van der Waals surface area contributed by atoms with Gasteiger partial charge in [-0.05, 0) is 32.1 Å². The van der Waals surface area contributed by atoms with Crippen LogP contribution in [0.5, 0.6) is 0 Å². The molecule has 0 aromatic carbocycles. The standard InChI is InChI=1S/C19H34O5/c1-20-18(10-5-3-6-11-18)23-15-17-16(9-14-22-17)24-19(21-2)12-7-4-8-13-19/h16-17H,3-15H2,1-2H3. The van der Waals surface area contributed by atoms with E-state index in [-0.39, 0.29) is 12.2 Å². The highest BCUT2D eigenvalue weighted by Crippen LogP contribution is 2.37. The van der Waals surface area contributed by atoms with Gasteiger partial charge in [-0.1, -0.05) is 12.8 Å². The van der Waals surface area contributed by atoms with E-state index in [9.17, 15) is 0 Å². The van der Waals surface area contributed by atoms with E-state index in [1.165, 1.54) is 38.5 Å². The predicted molar refractivity (Wildman–Crippen MR) is 90.8 cm³/mol. The molecule has 0 radical (unpaired) electrons. The van der Waals surface area contributed by atoms with E-state index in [0.29, 0.717) is 6.61 Å². The fourth-order valence-electron chi connectivity index (χ4n) is 4.39. The zero-order chi connectivity index (χ0) is 16.9. The van der Waals surface area contributed by atoms with E-state index in [2.05, 4.69) is 0 Å².